The van der Waals surface area contributed by atoms with Gasteiger partial charge in [-0.2, -0.15) is 0 Å². The van der Waals surface area contributed by atoms with Crippen LogP contribution in [0.3, 0.4) is 0 Å². The quantitative estimate of drug-likeness (QED) is 0.174. The van der Waals surface area contributed by atoms with E-state index >= 15 is 0 Å². The lowest BCUT2D eigenvalue weighted by Crippen LogP contribution is -2.16. The van der Waals surface area contributed by atoms with Gasteiger partial charge >= 0.3 is 11.9 Å². The predicted molar refractivity (Wildman–Crippen MR) is 134 cm³/mol. The number of nitro benzene ring substituents is 1. The lowest BCUT2D eigenvalue weighted by molar-refractivity contribution is -0.385. The number of aliphatic carboxylic acids is 2. The van der Waals surface area contributed by atoms with Crippen LogP contribution in [0.2, 0.25) is 0 Å². The summed E-state index contributed by atoms with van der Waals surface area (Å²) in [6, 6.07) is 20.4. The molecule has 0 bridgehead atoms. The first-order valence-corrected chi connectivity index (χ1v) is 10.9. The molecule has 0 aromatic heterocycles. The maximum atomic E-state index is 11.3. The van der Waals surface area contributed by atoms with E-state index in [1.54, 1.807) is 32.2 Å². The van der Waals surface area contributed by atoms with Gasteiger partial charge in [0.15, 0.2) is 0 Å². The summed E-state index contributed by atoms with van der Waals surface area (Å²) >= 11 is 0. The molecule has 0 aliphatic rings. The minimum absolute atomic E-state index is 0.00737. The molecule has 3 aromatic rings. The SMILES string of the molecule is COc1ccc(C=C(C)C(=O)O)cc1.O=C(O)C(=O)Cc1cc(OCc2ccccc2)ccc1[N+](=O)[O-]. The Bertz CT molecular complexity index is 1280. The number of ketones is 1. The zero-order valence-electron chi connectivity index (χ0n) is 20.1. The van der Waals surface area contributed by atoms with Gasteiger partial charge in [-0.1, -0.05) is 42.5 Å². The molecule has 0 fully saturated rings. The number of carboxylic acid groups (broad SMARTS) is 2. The minimum Gasteiger partial charge on any atom is -0.497 e. The molecule has 0 unspecified atom stereocenters. The monoisotopic (exact) mass is 507 g/mol. The molecule has 2 N–H and O–H groups in total. The van der Waals surface area contributed by atoms with Gasteiger partial charge < -0.3 is 19.7 Å². The number of nitro groups is 1. The maximum Gasteiger partial charge on any atom is 0.372 e. The Morgan fingerprint density at radius 2 is 1.54 bits per heavy atom. The lowest BCUT2D eigenvalue weighted by Gasteiger charge is -2.08. The molecule has 0 aliphatic heterocycles. The van der Waals surface area contributed by atoms with E-state index in [-0.39, 0.29) is 17.9 Å². The summed E-state index contributed by atoms with van der Waals surface area (Å²) in [5.74, 6) is -2.56. The molecule has 0 atom stereocenters. The highest BCUT2D eigenvalue weighted by atomic mass is 16.6. The lowest BCUT2D eigenvalue weighted by atomic mass is 10.1. The van der Waals surface area contributed by atoms with Crippen LogP contribution in [-0.4, -0.2) is 40.0 Å². The van der Waals surface area contributed by atoms with E-state index in [9.17, 15) is 24.5 Å². The largest absolute Gasteiger partial charge is 0.497 e. The minimum atomic E-state index is -1.63. The molecule has 0 amide bonds. The summed E-state index contributed by atoms with van der Waals surface area (Å²) in [4.78, 5) is 42.8. The topological polar surface area (TPSA) is 153 Å². The third-order valence-electron chi connectivity index (χ3n) is 4.92. The smallest absolute Gasteiger partial charge is 0.372 e. The van der Waals surface area contributed by atoms with Crippen LogP contribution in [-0.2, 0) is 27.4 Å². The number of methoxy groups -OCH3 is 1. The Morgan fingerprint density at radius 3 is 2.08 bits per heavy atom. The number of carbonyl (C=O) groups excluding carboxylic acids is 1. The van der Waals surface area contributed by atoms with Gasteiger partial charge in [0.05, 0.1) is 12.0 Å². The van der Waals surface area contributed by atoms with Crippen LogP contribution < -0.4 is 9.47 Å². The van der Waals surface area contributed by atoms with E-state index in [2.05, 4.69) is 0 Å². The highest BCUT2D eigenvalue weighted by molar-refractivity contribution is 6.33. The van der Waals surface area contributed by atoms with Crippen LogP contribution in [0, 0.1) is 10.1 Å². The van der Waals surface area contributed by atoms with Crippen molar-refractivity contribution in [3.05, 3.63) is 105 Å². The second kappa shape index (κ2) is 13.8. The van der Waals surface area contributed by atoms with E-state index in [4.69, 9.17) is 19.7 Å². The summed E-state index contributed by atoms with van der Waals surface area (Å²) in [5.41, 5.74) is 1.77. The number of carboxylic acids is 2. The van der Waals surface area contributed by atoms with Crippen molar-refractivity contribution in [1.29, 1.82) is 0 Å². The van der Waals surface area contributed by atoms with Crippen molar-refractivity contribution in [2.24, 2.45) is 0 Å². The van der Waals surface area contributed by atoms with Crippen molar-refractivity contribution in [3.8, 4) is 11.5 Å². The Balaban J connectivity index is 0.000000294. The van der Waals surface area contributed by atoms with Crippen LogP contribution in [0.1, 0.15) is 23.6 Å². The standard InChI is InChI=1S/C16H13NO6.C11H12O3/c18-15(16(19)20)9-12-8-13(6-7-14(12)17(21)22)23-10-11-4-2-1-3-5-11;1-8(11(12)13)7-9-3-5-10(14-2)6-4-9/h1-8H,9-10H2,(H,19,20);3-7H,1-2H3,(H,12,13). The van der Waals surface area contributed by atoms with Crippen LogP contribution in [0.4, 0.5) is 5.69 Å². The predicted octanol–water partition coefficient (Wildman–Crippen LogP) is 4.55. The number of Topliss-reactive ketones (excluding diaryl/α,β-unsaturated/α-hetero) is 1. The average Bonchev–Trinajstić information content (AvgIpc) is 2.88. The fraction of sp³-hybridized carbons (Fsp3) is 0.148. The summed E-state index contributed by atoms with van der Waals surface area (Å²) in [5, 5.41) is 28.3. The van der Waals surface area contributed by atoms with E-state index in [1.165, 1.54) is 18.2 Å². The van der Waals surface area contributed by atoms with Gasteiger partial charge in [0, 0.05) is 23.6 Å². The first kappa shape index (κ1) is 28.2. The highest BCUT2D eigenvalue weighted by Crippen LogP contribution is 2.25. The molecule has 3 aromatic carbocycles. The second-order valence-corrected chi connectivity index (χ2v) is 7.63. The van der Waals surface area contributed by atoms with E-state index in [0.29, 0.717) is 11.3 Å². The normalized spacial score (nSPS) is 10.5. The number of rotatable bonds is 10. The van der Waals surface area contributed by atoms with Gasteiger partial charge in [-0.15, -0.1) is 0 Å². The molecule has 0 spiro atoms. The zero-order valence-corrected chi connectivity index (χ0v) is 20.1. The van der Waals surface area contributed by atoms with E-state index < -0.39 is 29.1 Å². The number of nitrogens with zero attached hydrogens (tertiary/aromatic N) is 1. The van der Waals surface area contributed by atoms with Gasteiger partial charge in [-0.3, -0.25) is 14.9 Å². The molecule has 10 heteroatoms. The number of benzene rings is 3. The van der Waals surface area contributed by atoms with Crippen LogP contribution in [0.25, 0.3) is 6.08 Å². The summed E-state index contributed by atoms with van der Waals surface area (Å²) < 4.78 is 10.5. The zero-order chi connectivity index (χ0) is 27.4. The van der Waals surface area contributed by atoms with Crippen molar-refractivity contribution in [3.63, 3.8) is 0 Å². The van der Waals surface area contributed by atoms with E-state index in [0.717, 1.165) is 16.9 Å². The number of carbonyl (C=O) groups is 3. The van der Waals surface area contributed by atoms with E-state index in [1.807, 2.05) is 42.5 Å². The molecule has 0 aliphatic carbocycles. The third kappa shape index (κ3) is 9.29. The Morgan fingerprint density at radius 1 is 0.919 bits per heavy atom. The molecule has 3 rings (SSSR count). The van der Waals surface area contributed by atoms with Crippen LogP contribution in [0.15, 0.2) is 78.4 Å². The van der Waals surface area contributed by atoms with Crippen molar-refractivity contribution in [2.75, 3.05) is 7.11 Å². The number of hydrogen-bond donors (Lipinski definition) is 2. The van der Waals surface area contributed by atoms with Crippen molar-refractivity contribution in [2.45, 2.75) is 20.0 Å². The van der Waals surface area contributed by atoms with Gasteiger partial charge in [-0.05, 0) is 48.4 Å². The summed E-state index contributed by atoms with van der Waals surface area (Å²) in [7, 11) is 1.59. The average molecular weight is 507 g/mol. The molecule has 192 valence electrons. The fourth-order valence-electron chi connectivity index (χ4n) is 2.97. The first-order chi connectivity index (χ1) is 17.6. The molecular weight excluding hydrogens is 482 g/mol. The molecule has 37 heavy (non-hydrogen) atoms. The van der Waals surface area contributed by atoms with Crippen molar-refractivity contribution < 1.29 is 39.0 Å². The number of ether oxygens (including phenoxy) is 2. The molecule has 0 radical (unpaired) electrons. The maximum absolute atomic E-state index is 11.3. The van der Waals surface area contributed by atoms with Gasteiger partial charge in [0.1, 0.15) is 18.1 Å². The molecule has 10 nitrogen and oxygen atoms in total. The van der Waals surface area contributed by atoms with Crippen molar-refractivity contribution >= 4 is 29.5 Å². The molecule has 0 heterocycles. The van der Waals surface area contributed by atoms with Crippen molar-refractivity contribution in [1.82, 2.24) is 0 Å². The van der Waals surface area contributed by atoms with Crippen LogP contribution >= 0.6 is 0 Å². The summed E-state index contributed by atoms with van der Waals surface area (Å²) in [6.07, 6.45) is 1.05. The Hall–Kier alpha value is -4.99. The molecule has 0 saturated heterocycles. The Kier molecular flexibility index (Phi) is 10.5. The van der Waals surface area contributed by atoms with Gasteiger partial charge in [-0.25, -0.2) is 9.59 Å². The highest BCUT2D eigenvalue weighted by Gasteiger charge is 2.21. The fourth-order valence-corrected chi connectivity index (χ4v) is 2.97. The summed E-state index contributed by atoms with van der Waals surface area (Å²) in [6.45, 7) is 1.82. The first-order valence-electron chi connectivity index (χ1n) is 10.9. The Labute approximate surface area is 212 Å². The van der Waals surface area contributed by atoms with Gasteiger partial charge in [0.2, 0.25) is 5.78 Å². The molecule has 0 saturated carbocycles. The third-order valence-corrected chi connectivity index (χ3v) is 4.92. The number of hydrogen-bond acceptors (Lipinski definition) is 7. The molecular formula is C27H25NO9. The van der Waals surface area contributed by atoms with Gasteiger partial charge in [0.25, 0.3) is 5.69 Å². The van der Waals surface area contributed by atoms with Crippen LogP contribution in [0.5, 0.6) is 11.5 Å². The second-order valence-electron chi connectivity index (χ2n) is 7.63.